The van der Waals surface area contributed by atoms with E-state index < -0.39 is 0 Å². The highest BCUT2D eigenvalue weighted by Crippen LogP contribution is 2.24. The van der Waals surface area contributed by atoms with E-state index >= 15 is 0 Å². The molecule has 0 nitrogen and oxygen atoms in total. The first kappa shape index (κ1) is 12.5. The summed E-state index contributed by atoms with van der Waals surface area (Å²) in [5, 5.41) is 1.23. The number of hydrogen-bond acceptors (Lipinski definition) is 0. The molecule has 0 atom stereocenters. The second kappa shape index (κ2) is 5.12. The van der Waals surface area contributed by atoms with E-state index in [1.807, 2.05) is 18.2 Å². The van der Waals surface area contributed by atoms with Gasteiger partial charge in [-0.25, -0.2) is 0 Å². The van der Waals surface area contributed by atoms with Crippen LogP contribution in [-0.2, 0) is 6.42 Å². The van der Waals surface area contributed by atoms with E-state index in [2.05, 4.69) is 32.0 Å². The highest BCUT2D eigenvalue weighted by Gasteiger charge is 2.03. The SMILES string of the molecule is Cc1ccc(C)c(Cc2ccc(Cl)c(Cl)c2)c1. The summed E-state index contributed by atoms with van der Waals surface area (Å²) in [6.07, 6.45) is 0.893. The van der Waals surface area contributed by atoms with Crippen LogP contribution in [0.3, 0.4) is 0 Å². The van der Waals surface area contributed by atoms with Gasteiger partial charge in [-0.3, -0.25) is 0 Å². The van der Waals surface area contributed by atoms with E-state index in [1.165, 1.54) is 22.3 Å². The molecule has 0 saturated carbocycles. The molecule has 0 bridgehead atoms. The van der Waals surface area contributed by atoms with Crippen molar-refractivity contribution in [2.45, 2.75) is 20.3 Å². The number of benzene rings is 2. The van der Waals surface area contributed by atoms with Crippen LogP contribution in [0.4, 0.5) is 0 Å². The molecule has 2 aromatic carbocycles. The summed E-state index contributed by atoms with van der Waals surface area (Å²) in [5.41, 5.74) is 5.11. The van der Waals surface area contributed by atoms with Crippen molar-refractivity contribution in [3.05, 3.63) is 68.7 Å². The number of halogens is 2. The van der Waals surface area contributed by atoms with Crippen LogP contribution in [0.5, 0.6) is 0 Å². The Labute approximate surface area is 112 Å². The standard InChI is InChI=1S/C15H14Cl2/c1-10-3-4-11(2)13(7-10)8-12-5-6-14(16)15(17)9-12/h3-7,9H,8H2,1-2H3. The molecule has 0 fully saturated rings. The van der Waals surface area contributed by atoms with Crippen LogP contribution in [-0.4, -0.2) is 0 Å². The Morgan fingerprint density at radius 2 is 1.65 bits per heavy atom. The van der Waals surface area contributed by atoms with Crippen molar-refractivity contribution in [1.82, 2.24) is 0 Å². The van der Waals surface area contributed by atoms with Crippen molar-refractivity contribution in [2.24, 2.45) is 0 Å². The Kier molecular flexibility index (Phi) is 3.76. The highest BCUT2D eigenvalue weighted by molar-refractivity contribution is 6.42. The normalized spacial score (nSPS) is 10.6. The van der Waals surface area contributed by atoms with Gasteiger partial charge in [-0.2, -0.15) is 0 Å². The lowest BCUT2D eigenvalue weighted by Crippen LogP contribution is -1.92. The van der Waals surface area contributed by atoms with Crippen LogP contribution in [0.15, 0.2) is 36.4 Å². The first-order chi connectivity index (χ1) is 8.06. The van der Waals surface area contributed by atoms with Gasteiger partial charge in [0.1, 0.15) is 0 Å². The van der Waals surface area contributed by atoms with Crippen molar-refractivity contribution in [3.8, 4) is 0 Å². The summed E-state index contributed by atoms with van der Waals surface area (Å²) in [5.74, 6) is 0. The third kappa shape index (κ3) is 3.02. The Morgan fingerprint density at radius 1 is 0.882 bits per heavy atom. The minimum Gasteiger partial charge on any atom is -0.0827 e. The maximum Gasteiger partial charge on any atom is 0.0595 e. The van der Waals surface area contributed by atoms with E-state index in [4.69, 9.17) is 23.2 Å². The van der Waals surface area contributed by atoms with E-state index in [0.29, 0.717) is 10.0 Å². The Bertz CT molecular complexity index is 545. The third-order valence-corrected chi connectivity index (χ3v) is 3.62. The summed E-state index contributed by atoms with van der Waals surface area (Å²) < 4.78 is 0. The molecular weight excluding hydrogens is 251 g/mol. The minimum absolute atomic E-state index is 0.608. The second-order valence-electron chi connectivity index (χ2n) is 4.36. The van der Waals surface area contributed by atoms with Gasteiger partial charge in [-0.05, 0) is 49.1 Å². The fraction of sp³-hybridized carbons (Fsp3) is 0.200. The van der Waals surface area contributed by atoms with Gasteiger partial charge in [-0.15, -0.1) is 0 Å². The van der Waals surface area contributed by atoms with Gasteiger partial charge in [0.05, 0.1) is 10.0 Å². The number of rotatable bonds is 2. The molecule has 2 aromatic rings. The summed E-state index contributed by atoms with van der Waals surface area (Å²) in [6, 6.07) is 12.3. The van der Waals surface area contributed by atoms with Gasteiger partial charge < -0.3 is 0 Å². The molecule has 0 spiro atoms. The maximum atomic E-state index is 6.02. The van der Waals surface area contributed by atoms with E-state index in [0.717, 1.165) is 6.42 Å². The molecule has 0 aliphatic heterocycles. The van der Waals surface area contributed by atoms with Gasteiger partial charge in [0, 0.05) is 0 Å². The summed E-state index contributed by atoms with van der Waals surface area (Å²) in [4.78, 5) is 0. The van der Waals surface area contributed by atoms with Gasteiger partial charge in [-0.1, -0.05) is 53.0 Å². The topological polar surface area (TPSA) is 0 Å². The van der Waals surface area contributed by atoms with Gasteiger partial charge in [0.2, 0.25) is 0 Å². The van der Waals surface area contributed by atoms with Crippen LogP contribution < -0.4 is 0 Å². The van der Waals surface area contributed by atoms with E-state index in [9.17, 15) is 0 Å². The van der Waals surface area contributed by atoms with E-state index in [-0.39, 0.29) is 0 Å². The molecule has 88 valence electrons. The minimum atomic E-state index is 0.608. The van der Waals surface area contributed by atoms with Crippen LogP contribution in [0, 0.1) is 13.8 Å². The van der Waals surface area contributed by atoms with E-state index in [1.54, 1.807) is 0 Å². The molecule has 0 aliphatic carbocycles. The average Bonchev–Trinajstić information content (AvgIpc) is 2.29. The molecule has 17 heavy (non-hydrogen) atoms. The highest BCUT2D eigenvalue weighted by atomic mass is 35.5. The predicted octanol–water partition coefficient (Wildman–Crippen LogP) is 5.20. The number of aryl methyl sites for hydroxylation is 2. The Balaban J connectivity index is 2.31. The Morgan fingerprint density at radius 3 is 2.35 bits per heavy atom. The molecular formula is C15H14Cl2. The summed E-state index contributed by atoms with van der Waals surface area (Å²) in [7, 11) is 0. The summed E-state index contributed by atoms with van der Waals surface area (Å²) >= 11 is 11.9. The maximum absolute atomic E-state index is 6.02. The largest absolute Gasteiger partial charge is 0.0827 e. The molecule has 0 aromatic heterocycles. The zero-order chi connectivity index (χ0) is 12.4. The zero-order valence-electron chi connectivity index (χ0n) is 9.93. The lowest BCUT2D eigenvalue weighted by Gasteiger charge is -2.08. The van der Waals surface area contributed by atoms with Crippen LogP contribution >= 0.6 is 23.2 Å². The number of hydrogen-bond donors (Lipinski definition) is 0. The van der Waals surface area contributed by atoms with Crippen LogP contribution in [0.2, 0.25) is 10.0 Å². The monoisotopic (exact) mass is 264 g/mol. The molecule has 0 aliphatic rings. The molecule has 0 N–H and O–H groups in total. The second-order valence-corrected chi connectivity index (χ2v) is 5.17. The molecule has 2 heteroatoms. The van der Waals surface area contributed by atoms with Crippen molar-refractivity contribution in [1.29, 1.82) is 0 Å². The molecule has 0 amide bonds. The molecule has 0 saturated heterocycles. The van der Waals surface area contributed by atoms with Crippen molar-refractivity contribution in [2.75, 3.05) is 0 Å². The molecule has 0 unspecified atom stereocenters. The first-order valence-corrected chi connectivity index (χ1v) is 6.32. The molecule has 0 radical (unpaired) electrons. The molecule has 0 heterocycles. The van der Waals surface area contributed by atoms with Gasteiger partial charge in [0.25, 0.3) is 0 Å². The smallest absolute Gasteiger partial charge is 0.0595 e. The van der Waals surface area contributed by atoms with Gasteiger partial charge >= 0.3 is 0 Å². The predicted molar refractivity (Wildman–Crippen MR) is 75.2 cm³/mol. The fourth-order valence-corrected chi connectivity index (χ4v) is 2.18. The fourth-order valence-electron chi connectivity index (χ4n) is 1.86. The van der Waals surface area contributed by atoms with Crippen LogP contribution in [0.1, 0.15) is 22.3 Å². The van der Waals surface area contributed by atoms with Crippen molar-refractivity contribution >= 4 is 23.2 Å². The first-order valence-electron chi connectivity index (χ1n) is 5.56. The average molecular weight is 265 g/mol. The zero-order valence-corrected chi connectivity index (χ0v) is 11.4. The molecule has 2 rings (SSSR count). The van der Waals surface area contributed by atoms with Crippen molar-refractivity contribution < 1.29 is 0 Å². The van der Waals surface area contributed by atoms with Gasteiger partial charge in [0.15, 0.2) is 0 Å². The Hall–Kier alpha value is -0.980. The quantitative estimate of drug-likeness (QED) is 0.700. The summed E-state index contributed by atoms with van der Waals surface area (Å²) in [6.45, 7) is 4.24. The lowest BCUT2D eigenvalue weighted by molar-refractivity contribution is 1.14. The van der Waals surface area contributed by atoms with Crippen molar-refractivity contribution in [3.63, 3.8) is 0 Å². The van der Waals surface area contributed by atoms with Crippen LogP contribution in [0.25, 0.3) is 0 Å². The third-order valence-electron chi connectivity index (χ3n) is 2.88. The lowest BCUT2D eigenvalue weighted by atomic mass is 9.99.